The van der Waals surface area contributed by atoms with Gasteiger partial charge < -0.3 is 4.74 Å². The second-order valence-corrected chi connectivity index (χ2v) is 6.32. The first kappa shape index (κ1) is 14.2. The molecule has 5 heteroatoms. The molecule has 2 saturated heterocycles. The Hall–Kier alpha value is -1.46. The number of pyridine rings is 1. The van der Waals surface area contributed by atoms with Crippen LogP contribution in [-0.2, 0) is 4.74 Å². The minimum Gasteiger partial charge on any atom is -0.381 e. The fourth-order valence-electron chi connectivity index (χ4n) is 3.95. The highest BCUT2D eigenvalue weighted by molar-refractivity contribution is 5.71. The van der Waals surface area contributed by atoms with Gasteiger partial charge in [0, 0.05) is 31.9 Å². The number of aromatic nitrogens is 3. The molecule has 4 rings (SSSR count). The Balaban J connectivity index is 1.82. The summed E-state index contributed by atoms with van der Waals surface area (Å²) in [5.41, 5.74) is 2.08. The Morgan fingerprint density at radius 1 is 1.27 bits per heavy atom. The Bertz CT molecular complexity index is 647. The lowest BCUT2D eigenvalue weighted by Crippen LogP contribution is -2.29. The van der Waals surface area contributed by atoms with Gasteiger partial charge in [0.05, 0.1) is 6.17 Å². The van der Waals surface area contributed by atoms with Gasteiger partial charge in [0.2, 0.25) is 0 Å². The molecule has 2 aromatic rings. The molecule has 1 atom stereocenters. The number of hydrogen-bond donors (Lipinski definition) is 0. The van der Waals surface area contributed by atoms with Crippen LogP contribution in [-0.4, -0.2) is 45.7 Å². The van der Waals surface area contributed by atoms with E-state index in [0.29, 0.717) is 12.1 Å². The van der Waals surface area contributed by atoms with Crippen LogP contribution in [0.5, 0.6) is 0 Å². The van der Waals surface area contributed by atoms with Crippen molar-refractivity contribution in [2.45, 2.75) is 44.7 Å². The van der Waals surface area contributed by atoms with Gasteiger partial charge in [-0.1, -0.05) is 6.92 Å². The van der Waals surface area contributed by atoms with Crippen molar-refractivity contribution in [3.63, 3.8) is 0 Å². The molecule has 0 aromatic carbocycles. The first-order valence-electron chi connectivity index (χ1n) is 8.53. The van der Waals surface area contributed by atoms with Crippen LogP contribution in [0.4, 0.5) is 0 Å². The molecule has 22 heavy (non-hydrogen) atoms. The van der Waals surface area contributed by atoms with E-state index in [4.69, 9.17) is 9.72 Å². The first-order chi connectivity index (χ1) is 10.9. The lowest BCUT2D eigenvalue weighted by Gasteiger charge is -2.29. The average Bonchev–Trinajstić information content (AvgIpc) is 3.19. The molecule has 0 N–H and O–H groups in total. The molecule has 0 bridgehead atoms. The van der Waals surface area contributed by atoms with Crippen LogP contribution in [0, 0.1) is 0 Å². The monoisotopic (exact) mass is 300 g/mol. The van der Waals surface area contributed by atoms with Crippen molar-refractivity contribution in [3.05, 3.63) is 24.2 Å². The highest BCUT2D eigenvalue weighted by Crippen LogP contribution is 2.35. The zero-order valence-corrected chi connectivity index (χ0v) is 13.2. The second kappa shape index (κ2) is 5.97. The third-order valence-electron chi connectivity index (χ3n) is 5.10. The van der Waals surface area contributed by atoms with Gasteiger partial charge in [0.25, 0.3) is 0 Å². The van der Waals surface area contributed by atoms with Gasteiger partial charge in [-0.05, 0) is 44.4 Å². The summed E-state index contributed by atoms with van der Waals surface area (Å²) >= 11 is 0. The molecule has 2 fully saturated rings. The molecule has 2 aliphatic heterocycles. The topological polar surface area (TPSA) is 43.2 Å². The van der Waals surface area contributed by atoms with E-state index >= 15 is 0 Å². The smallest absolute Gasteiger partial charge is 0.161 e. The minimum atomic E-state index is 0.419. The summed E-state index contributed by atoms with van der Waals surface area (Å²) in [6.45, 7) is 6.22. The van der Waals surface area contributed by atoms with E-state index in [0.717, 1.165) is 43.8 Å². The summed E-state index contributed by atoms with van der Waals surface area (Å²) < 4.78 is 7.97. The van der Waals surface area contributed by atoms with E-state index in [9.17, 15) is 0 Å². The van der Waals surface area contributed by atoms with Gasteiger partial charge in [0.15, 0.2) is 5.65 Å². The third-order valence-corrected chi connectivity index (χ3v) is 5.10. The van der Waals surface area contributed by atoms with Crippen molar-refractivity contribution >= 4 is 11.2 Å². The number of ether oxygens (including phenoxy) is 1. The lowest BCUT2D eigenvalue weighted by atomic mass is 9.99. The number of fused-ring (bicyclic) bond motifs is 1. The van der Waals surface area contributed by atoms with Crippen molar-refractivity contribution < 1.29 is 4.74 Å². The summed E-state index contributed by atoms with van der Waals surface area (Å²) in [4.78, 5) is 12.2. The molecule has 2 aromatic heterocycles. The van der Waals surface area contributed by atoms with Crippen molar-refractivity contribution in [1.29, 1.82) is 0 Å². The number of rotatable bonds is 3. The summed E-state index contributed by atoms with van der Waals surface area (Å²) in [6, 6.07) is 4.08. The van der Waals surface area contributed by atoms with Crippen molar-refractivity contribution in [3.8, 4) is 0 Å². The predicted octanol–water partition coefficient (Wildman–Crippen LogP) is 2.94. The first-order valence-corrected chi connectivity index (χ1v) is 8.53. The molecule has 5 nitrogen and oxygen atoms in total. The highest BCUT2D eigenvalue weighted by atomic mass is 16.5. The molecular formula is C17H24N4O. The summed E-state index contributed by atoms with van der Waals surface area (Å²) in [7, 11) is 0. The predicted molar refractivity (Wildman–Crippen MR) is 85.8 cm³/mol. The standard InChI is InChI=1S/C17H24N4O/c1-2-20-10-4-6-15(20)21-16(13-7-11-22-12-8-13)19-14-5-3-9-18-17(14)21/h3,5,9,13,15H,2,4,6-8,10-12H2,1H3. The highest BCUT2D eigenvalue weighted by Gasteiger charge is 2.31. The van der Waals surface area contributed by atoms with Gasteiger partial charge in [-0.25, -0.2) is 9.97 Å². The van der Waals surface area contributed by atoms with Crippen LogP contribution in [0.2, 0.25) is 0 Å². The molecule has 0 aliphatic carbocycles. The summed E-state index contributed by atoms with van der Waals surface area (Å²) in [6.07, 6.45) is 6.91. The van der Waals surface area contributed by atoms with Gasteiger partial charge >= 0.3 is 0 Å². The maximum atomic E-state index is 5.54. The van der Waals surface area contributed by atoms with E-state index < -0.39 is 0 Å². The zero-order chi connectivity index (χ0) is 14.9. The molecule has 118 valence electrons. The van der Waals surface area contributed by atoms with Gasteiger partial charge in [-0.2, -0.15) is 0 Å². The summed E-state index contributed by atoms with van der Waals surface area (Å²) in [5, 5.41) is 0. The van der Waals surface area contributed by atoms with Crippen LogP contribution >= 0.6 is 0 Å². The number of hydrogen-bond acceptors (Lipinski definition) is 4. The SMILES string of the molecule is CCN1CCCC1n1c(C2CCOCC2)nc2cccnc21. The zero-order valence-electron chi connectivity index (χ0n) is 13.2. The molecule has 0 spiro atoms. The molecule has 0 radical (unpaired) electrons. The Morgan fingerprint density at radius 3 is 2.95 bits per heavy atom. The van der Waals surface area contributed by atoms with Gasteiger partial charge in [-0.3, -0.25) is 9.47 Å². The average molecular weight is 300 g/mol. The fourth-order valence-corrected chi connectivity index (χ4v) is 3.95. The molecule has 1 unspecified atom stereocenters. The summed E-state index contributed by atoms with van der Waals surface area (Å²) in [5.74, 6) is 1.73. The van der Waals surface area contributed by atoms with E-state index in [1.165, 1.54) is 25.2 Å². The van der Waals surface area contributed by atoms with Crippen LogP contribution in [0.25, 0.3) is 11.2 Å². The van der Waals surface area contributed by atoms with Crippen LogP contribution in [0.1, 0.15) is 50.5 Å². The molecule has 2 aliphatic rings. The maximum absolute atomic E-state index is 5.54. The van der Waals surface area contributed by atoms with Crippen molar-refractivity contribution in [2.24, 2.45) is 0 Å². The van der Waals surface area contributed by atoms with E-state index in [1.807, 2.05) is 12.3 Å². The Kier molecular flexibility index (Phi) is 3.84. The van der Waals surface area contributed by atoms with Crippen LogP contribution < -0.4 is 0 Å². The fraction of sp³-hybridized carbons (Fsp3) is 0.647. The second-order valence-electron chi connectivity index (χ2n) is 6.32. The molecule has 0 saturated carbocycles. The lowest BCUT2D eigenvalue weighted by molar-refractivity contribution is 0.0810. The minimum absolute atomic E-state index is 0.419. The van der Waals surface area contributed by atoms with Gasteiger partial charge in [0.1, 0.15) is 11.3 Å². The van der Waals surface area contributed by atoms with Crippen molar-refractivity contribution in [2.75, 3.05) is 26.3 Å². The number of likely N-dealkylation sites (tertiary alicyclic amines) is 1. The number of imidazole rings is 1. The van der Waals surface area contributed by atoms with Gasteiger partial charge in [-0.15, -0.1) is 0 Å². The van der Waals surface area contributed by atoms with E-state index in [2.05, 4.69) is 27.4 Å². The normalized spacial score (nSPS) is 24.3. The van der Waals surface area contributed by atoms with E-state index in [-0.39, 0.29) is 0 Å². The van der Waals surface area contributed by atoms with Crippen molar-refractivity contribution in [1.82, 2.24) is 19.4 Å². The molecular weight excluding hydrogens is 276 g/mol. The van der Waals surface area contributed by atoms with Crippen LogP contribution in [0.15, 0.2) is 18.3 Å². The molecule has 4 heterocycles. The Morgan fingerprint density at radius 2 is 2.14 bits per heavy atom. The maximum Gasteiger partial charge on any atom is 0.161 e. The largest absolute Gasteiger partial charge is 0.381 e. The third kappa shape index (κ3) is 2.32. The molecule has 0 amide bonds. The number of nitrogens with zero attached hydrogens (tertiary/aromatic N) is 4. The van der Waals surface area contributed by atoms with E-state index in [1.54, 1.807) is 0 Å². The Labute approximate surface area is 131 Å². The van der Waals surface area contributed by atoms with Crippen LogP contribution in [0.3, 0.4) is 0 Å². The quantitative estimate of drug-likeness (QED) is 0.874.